The van der Waals surface area contributed by atoms with Crippen LogP contribution in [-0.2, 0) is 0 Å². The number of nitrogens with zero attached hydrogens (tertiary/aromatic N) is 2. The van der Waals surface area contributed by atoms with Gasteiger partial charge in [0.15, 0.2) is 0 Å². The molecular weight excluding hydrogens is 194 g/mol. The first-order chi connectivity index (χ1) is 7.18. The van der Waals surface area contributed by atoms with Gasteiger partial charge in [-0.1, -0.05) is 0 Å². The third-order valence-electron chi connectivity index (χ3n) is 1.69. The van der Waals surface area contributed by atoms with Gasteiger partial charge in [0.05, 0.1) is 0 Å². The molecule has 0 aliphatic carbocycles. The van der Waals surface area contributed by atoms with E-state index in [1.54, 1.807) is 24.5 Å². The van der Waals surface area contributed by atoms with E-state index in [9.17, 15) is 4.79 Å². The molecular formula is C10H15N3O2. The van der Waals surface area contributed by atoms with Crippen molar-refractivity contribution in [3.8, 4) is 5.75 Å². The van der Waals surface area contributed by atoms with Crippen LogP contribution in [0, 0.1) is 0 Å². The van der Waals surface area contributed by atoms with Gasteiger partial charge in [-0.2, -0.15) is 0 Å². The molecule has 0 radical (unpaired) electrons. The minimum absolute atomic E-state index is 0.442. The molecule has 1 aromatic rings. The topological polar surface area (TPSA) is 54.5 Å². The lowest BCUT2D eigenvalue weighted by Gasteiger charge is -2.10. The highest BCUT2D eigenvalue weighted by atomic mass is 16.6. The molecule has 15 heavy (non-hydrogen) atoms. The smallest absolute Gasteiger partial charge is 0.410 e. The maximum atomic E-state index is 11.2. The highest BCUT2D eigenvalue weighted by molar-refractivity contribution is 5.70. The Morgan fingerprint density at radius 3 is 2.73 bits per heavy atom. The van der Waals surface area contributed by atoms with Gasteiger partial charge in [-0.15, -0.1) is 0 Å². The first-order valence-corrected chi connectivity index (χ1v) is 4.69. The molecule has 5 nitrogen and oxygen atoms in total. The Kier molecular flexibility index (Phi) is 4.56. The lowest BCUT2D eigenvalue weighted by molar-refractivity contribution is 0.199. The zero-order valence-corrected chi connectivity index (χ0v) is 8.93. The van der Waals surface area contributed by atoms with E-state index in [1.165, 1.54) is 0 Å². The Morgan fingerprint density at radius 2 is 2.13 bits per heavy atom. The third-order valence-corrected chi connectivity index (χ3v) is 1.69. The van der Waals surface area contributed by atoms with E-state index in [2.05, 4.69) is 10.3 Å². The summed E-state index contributed by atoms with van der Waals surface area (Å²) in [5, 5.41) is 2.64. The molecule has 0 fully saturated rings. The quantitative estimate of drug-likeness (QED) is 0.794. The molecule has 0 aliphatic heterocycles. The van der Waals surface area contributed by atoms with Crippen molar-refractivity contribution in [2.75, 3.05) is 27.2 Å². The summed E-state index contributed by atoms with van der Waals surface area (Å²) in [7, 11) is 3.88. The van der Waals surface area contributed by atoms with Gasteiger partial charge in [0.1, 0.15) is 5.75 Å². The van der Waals surface area contributed by atoms with Crippen LogP contribution < -0.4 is 10.1 Å². The van der Waals surface area contributed by atoms with Crippen LogP contribution in [0.2, 0.25) is 0 Å². The number of carbonyl (C=O) groups excluding carboxylic acids is 1. The van der Waals surface area contributed by atoms with Crippen molar-refractivity contribution in [3.63, 3.8) is 0 Å². The fraction of sp³-hybridized carbons (Fsp3) is 0.400. The Hall–Kier alpha value is -1.62. The van der Waals surface area contributed by atoms with E-state index >= 15 is 0 Å². The second-order valence-electron chi connectivity index (χ2n) is 3.30. The highest BCUT2D eigenvalue weighted by Crippen LogP contribution is 2.06. The lowest BCUT2D eigenvalue weighted by Crippen LogP contribution is -2.33. The van der Waals surface area contributed by atoms with Crippen LogP contribution in [0.1, 0.15) is 0 Å². The van der Waals surface area contributed by atoms with Crippen molar-refractivity contribution in [2.45, 2.75) is 0 Å². The Balaban J connectivity index is 2.25. The van der Waals surface area contributed by atoms with Gasteiger partial charge in [-0.3, -0.25) is 4.98 Å². The first-order valence-electron chi connectivity index (χ1n) is 4.69. The minimum Gasteiger partial charge on any atom is -0.410 e. The summed E-state index contributed by atoms with van der Waals surface area (Å²) in [6.45, 7) is 1.35. The second-order valence-corrected chi connectivity index (χ2v) is 3.30. The molecule has 1 amide bonds. The number of likely N-dealkylation sites (N-methyl/N-ethyl adjacent to an activating group) is 1. The lowest BCUT2D eigenvalue weighted by atomic mass is 10.5. The van der Waals surface area contributed by atoms with Crippen molar-refractivity contribution in [3.05, 3.63) is 24.5 Å². The molecule has 0 spiro atoms. The molecule has 1 rings (SSSR count). The van der Waals surface area contributed by atoms with Gasteiger partial charge in [0.2, 0.25) is 0 Å². The number of nitrogens with one attached hydrogen (secondary N) is 1. The number of aromatic nitrogens is 1. The molecule has 0 saturated carbocycles. The van der Waals surface area contributed by atoms with Crippen LogP contribution in [0.25, 0.3) is 0 Å². The van der Waals surface area contributed by atoms with Gasteiger partial charge in [-0.25, -0.2) is 4.79 Å². The molecule has 0 bridgehead atoms. The molecule has 1 aromatic heterocycles. The second kappa shape index (κ2) is 5.98. The molecule has 1 heterocycles. The largest absolute Gasteiger partial charge is 0.412 e. The fourth-order valence-electron chi connectivity index (χ4n) is 0.931. The zero-order chi connectivity index (χ0) is 11.1. The van der Waals surface area contributed by atoms with Crippen LogP contribution in [-0.4, -0.2) is 43.2 Å². The SMILES string of the molecule is CN(C)CCNC(=O)Oc1ccncc1. The molecule has 1 N–H and O–H groups in total. The number of hydrogen-bond donors (Lipinski definition) is 1. The van der Waals surface area contributed by atoms with Crippen LogP contribution in [0.15, 0.2) is 24.5 Å². The fourth-order valence-corrected chi connectivity index (χ4v) is 0.931. The zero-order valence-electron chi connectivity index (χ0n) is 8.93. The summed E-state index contributed by atoms with van der Waals surface area (Å²) in [6.07, 6.45) is 2.70. The first kappa shape index (κ1) is 11.5. The average Bonchev–Trinajstić information content (AvgIpc) is 2.18. The maximum Gasteiger partial charge on any atom is 0.412 e. The summed E-state index contributed by atoms with van der Waals surface area (Å²) < 4.78 is 4.99. The van der Waals surface area contributed by atoms with E-state index in [1.807, 2.05) is 19.0 Å². The minimum atomic E-state index is -0.442. The summed E-state index contributed by atoms with van der Waals surface area (Å²) in [6, 6.07) is 3.26. The average molecular weight is 209 g/mol. The van der Waals surface area contributed by atoms with Crippen molar-refractivity contribution in [2.24, 2.45) is 0 Å². The predicted molar refractivity (Wildman–Crippen MR) is 56.8 cm³/mol. The van der Waals surface area contributed by atoms with Gasteiger partial charge in [-0.05, 0) is 26.2 Å². The van der Waals surface area contributed by atoms with Crippen LogP contribution in [0.4, 0.5) is 4.79 Å². The molecule has 0 saturated heterocycles. The number of pyridine rings is 1. The molecule has 0 atom stereocenters. The van der Waals surface area contributed by atoms with E-state index in [0.717, 1.165) is 6.54 Å². The molecule has 0 unspecified atom stereocenters. The molecule has 82 valence electrons. The van der Waals surface area contributed by atoms with E-state index in [-0.39, 0.29) is 0 Å². The number of carbonyl (C=O) groups is 1. The molecule has 5 heteroatoms. The monoisotopic (exact) mass is 209 g/mol. The Bertz CT molecular complexity index is 301. The summed E-state index contributed by atoms with van der Waals surface area (Å²) >= 11 is 0. The number of ether oxygens (including phenoxy) is 1. The number of amides is 1. The Labute approximate surface area is 89.1 Å². The molecule has 0 aromatic carbocycles. The van der Waals surface area contributed by atoms with Crippen LogP contribution in [0.5, 0.6) is 5.75 Å². The van der Waals surface area contributed by atoms with Crippen molar-refractivity contribution >= 4 is 6.09 Å². The summed E-state index contributed by atoms with van der Waals surface area (Å²) in [4.78, 5) is 17.0. The summed E-state index contributed by atoms with van der Waals surface area (Å²) in [5.74, 6) is 0.493. The third kappa shape index (κ3) is 4.97. The van der Waals surface area contributed by atoms with E-state index in [4.69, 9.17) is 4.74 Å². The van der Waals surface area contributed by atoms with Crippen molar-refractivity contribution in [1.29, 1.82) is 0 Å². The van der Waals surface area contributed by atoms with Crippen molar-refractivity contribution < 1.29 is 9.53 Å². The van der Waals surface area contributed by atoms with E-state index in [0.29, 0.717) is 12.3 Å². The number of hydrogen-bond acceptors (Lipinski definition) is 4. The normalized spacial score (nSPS) is 10.1. The van der Waals surface area contributed by atoms with Crippen molar-refractivity contribution in [1.82, 2.24) is 15.2 Å². The van der Waals surface area contributed by atoms with Gasteiger partial charge in [0.25, 0.3) is 0 Å². The van der Waals surface area contributed by atoms with Gasteiger partial charge >= 0.3 is 6.09 Å². The molecule has 0 aliphatic rings. The summed E-state index contributed by atoms with van der Waals surface area (Å²) in [5.41, 5.74) is 0. The van der Waals surface area contributed by atoms with Crippen LogP contribution in [0.3, 0.4) is 0 Å². The van der Waals surface area contributed by atoms with E-state index < -0.39 is 6.09 Å². The number of rotatable bonds is 4. The van der Waals surface area contributed by atoms with Crippen LogP contribution >= 0.6 is 0 Å². The van der Waals surface area contributed by atoms with Gasteiger partial charge in [0, 0.05) is 25.5 Å². The maximum absolute atomic E-state index is 11.2. The predicted octanol–water partition coefficient (Wildman–Crippen LogP) is 0.732. The Morgan fingerprint density at radius 1 is 1.47 bits per heavy atom. The van der Waals surface area contributed by atoms with Gasteiger partial charge < -0.3 is 15.0 Å². The standard InChI is InChI=1S/C10H15N3O2/c1-13(2)8-7-12-10(14)15-9-3-5-11-6-4-9/h3-6H,7-8H2,1-2H3,(H,12,14). The highest BCUT2D eigenvalue weighted by Gasteiger charge is 2.02.